The molecule has 0 aliphatic rings. The van der Waals surface area contributed by atoms with Gasteiger partial charge in [-0.25, -0.2) is 0 Å². The number of para-hydroxylation sites is 1. The Morgan fingerprint density at radius 3 is 2.84 bits per heavy atom. The van der Waals surface area contributed by atoms with Gasteiger partial charge in [-0.15, -0.1) is 11.8 Å². The van der Waals surface area contributed by atoms with Gasteiger partial charge in [0.25, 0.3) is 11.6 Å². The highest BCUT2D eigenvalue weighted by molar-refractivity contribution is 7.99. The number of carbonyl (C=O) groups excluding carboxylic acids is 1. The average molecular weight is 355 g/mol. The number of fused-ring (bicyclic) bond motifs is 1. The van der Waals surface area contributed by atoms with Gasteiger partial charge in [0.15, 0.2) is 0 Å². The first-order chi connectivity index (χ1) is 12.1. The van der Waals surface area contributed by atoms with E-state index in [1.54, 1.807) is 17.8 Å². The van der Waals surface area contributed by atoms with E-state index in [0.717, 1.165) is 11.2 Å². The van der Waals surface area contributed by atoms with Crippen molar-refractivity contribution in [2.24, 2.45) is 0 Å². The predicted octanol–water partition coefficient (Wildman–Crippen LogP) is 3.91. The molecule has 0 saturated heterocycles. The highest BCUT2D eigenvalue weighted by Crippen LogP contribution is 2.30. The number of rotatable bonds is 6. The monoisotopic (exact) mass is 355 g/mol. The number of H-pyrrole nitrogens is 1. The first-order valence-electron chi connectivity index (χ1n) is 7.79. The molecule has 0 aliphatic heterocycles. The van der Waals surface area contributed by atoms with E-state index in [0.29, 0.717) is 17.9 Å². The molecule has 0 fully saturated rings. The second-order valence-electron chi connectivity index (χ2n) is 5.54. The fourth-order valence-electron chi connectivity index (χ4n) is 2.62. The van der Waals surface area contributed by atoms with E-state index in [1.165, 1.54) is 28.5 Å². The number of nitro benzene ring substituents is 1. The minimum absolute atomic E-state index is 0.0866. The molecule has 128 valence electrons. The van der Waals surface area contributed by atoms with Gasteiger partial charge in [-0.05, 0) is 19.1 Å². The molecule has 1 heterocycles. The lowest BCUT2D eigenvalue weighted by Crippen LogP contribution is -2.25. The van der Waals surface area contributed by atoms with Gasteiger partial charge in [-0.2, -0.15) is 0 Å². The van der Waals surface area contributed by atoms with Crippen LogP contribution in [0.25, 0.3) is 10.9 Å². The van der Waals surface area contributed by atoms with E-state index >= 15 is 0 Å². The van der Waals surface area contributed by atoms with E-state index in [4.69, 9.17) is 0 Å². The minimum Gasteiger partial charge on any atom is -0.358 e. The van der Waals surface area contributed by atoms with Crippen molar-refractivity contribution in [1.29, 1.82) is 0 Å². The van der Waals surface area contributed by atoms with Crippen LogP contribution in [0.15, 0.2) is 53.4 Å². The Balaban J connectivity index is 1.58. The molecule has 0 aliphatic carbocycles. The smallest absolute Gasteiger partial charge is 0.270 e. The summed E-state index contributed by atoms with van der Waals surface area (Å²) in [4.78, 5) is 26.9. The van der Waals surface area contributed by atoms with Crippen molar-refractivity contribution in [1.82, 2.24) is 10.3 Å². The summed E-state index contributed by atoms with van der Waals surface area (Å²) in [5, 5.41) is 14.8. The maximum Gasteiger partial charge on any atom is 0.270 e. The van der Waals surface area contributed by atoms with Gasteiger partial charge >= 0.3 is 0 Å². The third-order valence-electron chi connectivity index (χ3n) is 3.79. The molecule has 6 nitrogen and oxygen atoms in total. The molecular formula is C18H17N3O3S. The van der Waals surface area contributed by atoms with Gasteiger partial charge < -0.3 is 10.3 Å². The van der Waals surface area contributed by atoms with Crippen LogP contribution in [0.2, 0.25) is 0 Å². The summed E-state index contributed by atoms with van der Waals surface area (Å²) in [5.41, 5.74) is 2.42. The molecule has 2 aromatic carbocycles. The Labute approximate surface area is 148 Å². The average Bonchev–Trinajstić information content (AvgIpc) is 2.94. The Hall–Kier alpha value is -2.80. The van der Waals surface area contributed by atoms with Crippen molar-refractivity contribution in [2.75, 3.05) is 12.3 Å². The molecule has 0 bridgehead atoms. The van der Waals surface area contributed by atoms with Gasteiger partial charge in [-0.3, -0.25) is 14.9 Å². The Morgan fingerprint density at radius 1 is 1.24 bits per heavy atom. The van der Waals surface area contributed by atoms with Crippen molar-refractivity contribution in [3.63, 3.8) is 0 Å². The van der Waals surface area contributed by atoms with Crippen LogP contribution in [0.1, 0.15) is 16.1 Å². The van der Waals surface area contributed by atoms with Gasteiger partial charge in [0.1, 0.15) is 0 Å². The molecule has 3 aromatic rings. The maximum atomic E-state index is 12.1. The summed E-state index contributed by atoms with van der Waals surface area (Å²) in [6.07, 6.45) is 0. The van der Waals surface area contributed by atoms with Crippen molar-refractivity contribution in [3.8, 4) is 0 Å². The van der Waals surface area contributed by atoms with Crippen LogP contribution in [0.3, 0.4) is 0 Å². The number of benzene rings is 2. The quantitative estimate of drug-likeness (QED) is 0.304. The third kappa shape index (κ3) is 3.83. The van der Waals surface area contributed by atoms with Crippen LogP contribution in [-0.4, -0.2) is 28.1 Å². The number of aromatic amines is 1. The molecular weight excluding hydrogens is 338 g/mol. The largest absolute Gasteiger partial charge is 0.358 e. The van der Waals surface area contributed by atoms with E-state index in [9.17, 15) is 14.9 Å². The van der Waals surface area contributed by atoms with Crippen LogP contribution in [-0.2, 0) is 0 Å². The molecule has 0 saturated carbocycles. The highest BCUT2D eigenvalue weighted by Gasteiger charge is 2.12. The van der Waals surface area contributed by atoms with Crippen molar-refractivity contribution >= 4 is 34.3 Å². The summed E-state index contributed by atoms with van der Waals surface area (Å²) < 4.78 is 0. The second-order valence-corrected chi connectivity index (χ2v) is 6.64. The fourth-order valence-corrected chi connectivity index (χ4v) is 3.63. The highest BCUT2D eigenvalue weighted by atomic mass is 32.2. The Bertz CT molecular complexity index is 936. The topological polar surface area (TPSA) is 88.0 Å². The van der Waals surface area contributed by atoms with Crippen LogP contribution in [0.4, 0.5) is 5.69 Å². The number of hydrogen-bond acceptors (Lipinski definition) is 4. The number of non-ortho nitro benzene ring substituents is 1. The fraction of sp³-hybridized carbons (Fsp3) is 0.167. The van der Waals surface area contributed by atoms with Crippen LogP contribution < -0.4 is 5.32 Å². The number of thioether (sulfide) groups is 1. The molecule has 0 unspecified atom stereocenters. The van der Waals surface area contributed by atoms with Crippen molar-refractivity contribution < 1.29 is 9.72 Å². The zero-order valence-electron chi connectivity index (χ0n) is 13.6. The van der Waals surface area contributed by atoms with E-state index in [-0.39, 0.29) is 11.6 Å². The molecule has 0 spiro atoms. The van der Waals surface area contributed by atoms with E-state index in [2.05, 4.69) is 16.4 Å². The number of amides is 1. The first-order valence-corrected chi connectivity index (χ1v) is 8.77. The Kier molecular flexibility index (Phi) is 5.04. The number of aromatic nitrogens is 1. The lowest BCUT2D eigenvalue weighted by atomic mass is 10.2. The molecule has 3 rings (SSSR count). The Morgan fingerprint density at radius 2 is 2.04 bits per heavy atom. The standard InChI is InChI=1S/C18H17N3O3S/c1-12-17(15-7-2-3-8-16(15)20-12)25-10-9-19-18(22)13-5-4-6-14(11-13)21(23)24/h2-8,11,20H,9-10H2,1H3,(H,19,22). The molecule has 7 heteroatoms. The molecule has 2 N–H and O–H groups in total. The minimum atomic E-state index is -0.508. The van der Waals surface area contributed by atoms with Gasteiger partial charge in [0, 0.05) is 51.5 Å². The number of carbonyl (C=O) groups is 1. The lowest BCUT2D eigenvalue weighted by molar-refractivity contribution is -0.384. The zero-order chi connectivity index (χ0) is 17.8. The summed E-state index contributed by atoms with van der Waals surface area (Å²) in [6, 6.07) is 13.8. The van der Waals surface area contributed by atoms with Crippen LogP contribution in [0, 0.1) is 17.0 Å². The third-order valence-corrected chi connectivity index (χ3v) is 5.01. The molecule has 0 radical (unpaired) electrons. The predicted molar refractivity (Wildman–Crippen MR) is 99.2 cm³/mol. The molecule has 25 heavy (non-hydrogen) atoms. The van der Waals surface area contributed by atoms with Gasteiger partial charge in [0.05, 0.1) is 4.92 Å². The molecule has 0 atom stereocenters. The summed E-state index contributed by atoms with van der Waals surface area (Å²) in [6.45, 7) is 2.51. The van der Waals surface area contributed by atoms with Crippen molar-refractivity contribution in [2.45, 2.75) is 11.8 Å². The normalized spacial score (nSPS) is 10.8. The number of nitrogens with one attached hydrogen (secondary N) is 2. The number of nitro groups is 1. The summed E-state index contributed by atoms with van der Waals surface area (Å²) >= 11 is 1.67. The molecule has 1 amide bonds. The van der Waals surface area contributed by atoms with E-state index in [1.807, 2.05) is 25.1 Å². The van der Waals surface area contributed by atoms with Crippen LogP contribution in [0.5, 0.6) is 0 Å². The van der Waals surface area contributed by atoms with Gasteiger partial charge in [-0.1, -0.05) is 24.3 Å². The SMILES string of the molecule is Cc1[nH]c2ccccc2c1SCCNC(=O)c1cccc([N+](=O)[O-])c1. The first kappa shape index (κ1) is 17.0. The van der Waals surface area contributed by atoms with Gasteiger partial charge in [0.2, 0.25) is 0 Å². The number of hydrogen-bond donors (Lipinski definition) is 2. The lowest BCUT2D eigenvalue weighted by Gasteiger charge is -2.05. The van der Waals surface area contributed by atoms with E-state index < -0.39 is 4.92 Å². The summed E-state index contributed by atoms with van der Waals surface area (Å²) in [5.74, 6) is 0.406. The second kappa shape index (κ2) is 7.40. The number of aryl methyl sites for hydroxylation is 1. The molecule has 1 aromatic heterocycles. The number of nitrogens with zero attached hydrogens (tertiary/aromatic N) is 1. The zero-order valence-corrected chi connectivity index (χ0v) is 14.4. The summed E-state index contributed by atoms with van der Waals surface area (Å²) in [7, 11) is 0. The van der Waals surface area contributed by atoms with Crippen LogP contribution >= 0.6 is 11.8 Å². The van der Waals surface area contributed by atoms with Crippen molar-refractivity contribution in [3.05, 3.63) is 69.9 Å². The maximum absolute atomic E-state index is 12.1.